The van der Waals surface area contributed by atoms with Gasteiger partial charge in [-0.15, -0.1) is 0 Å². The molecular weight excluding hydrogens is 282 g/mol. The van der Waals surface area contributed by atoms with Gasteiger partial charge in [-0.3, -0.25) is 4.90 Å². The Morgan fingerprint density at radius 2 is 2.00 bits per heavy atom. The molecule has 1 heterocycles. The van der Waals surface area contributed by atoms with Crippen molar-refractivity contribution in [3.05, 3.63) is 34.9 Å². The molecule has 2 aliphatic carbocycles. The third kappa shape index (κ3) is 2.32. The molecule has 1 aromatic carbocycles. The minimum atomic E-state index is -0.244. The molecule has 0 spiro atoms. The number of hydrogen-bond donors (Lipinski definition) is 1. The molecule has 2 bridgehead atoms. The number of aliphatic hydroxyl groups excluding tert-OH is 1. The van der Waals surface area contributed by atoms with Crippen LogP contribution in [-0.2, 0) is 5.41 Å². The number of benzene rings is 1. The fourth-order valence-electron chi connectivity index (χ4n) is 4.80. The second-order valence-corrected chi connectivity index (χ2v) is 7.76. The smallest absolute Gasteiger partial charge is 0.0763 e. The monoisotopic (exact) mass is 305 g/mol. The highest BCUT2D eigenvalue weighted by Gasteiger charge is 2.47. The number of piperidine rings is 1. The van der Waals surface area contributed by atoms with E-state index in [1.165, 1.54) is 37.8 Å². The van der Waals surface area contributed by atoms with Crippen LogP contribution in [0.5, 0.6) is 0 Å². The van der Waals surface area contributed by atoms with Gasteiger partial charge in [0.05, 0.1) is 6.10 Å². The fourth-order valence-corrected chi connectivity index (χ4v) is 4.93. The van der Waals surface area contributed by atoms with Crippen molar-refractivity contribution in [2.75, 3.05) is 13.1 Å². The van der Waals surface area contributed by atoms with Crippen molar-refractivity contribution in [1.29, 1.82) is 0 Å². The van der Waals surface area contributed by atoms with Crippen LogP contribution in [0.1, 0.15) is 44.1 Å². The standard InChI is InChI=1S/C18H24ClNO/c19-15-5-3-14(4-6-15)18(8-1-9-18)17(21)12-20-11-13-2-7-16(20)10-13/h3-6,13,16-17,21H,1-2,7-12H2. The first kappa shape index (κ1) is 14.0. The van der Waals surface area contributed by atoms with Crippen LogP contribution in [-0.4, -0.2) is 35.2 Å². The number of nitrogens with zero attached hydrogens (tertiary/aromatic N) is 1. The molecule has 1 aliphatic heterocycles. The first-order valence-electron chi connectivity index (χ1n) is 8.35. The summed E-state index contributed by atoms with van der Waals surface area (Å²) in [7, 11) is 0. The Morgan fingerprint density at radius 1 is 1.24 bits per heavy atom. The molecule has 21 heavy (non-hydrogen) atoms. The molecular formula is C18H24ClNO. The van der Waals surface area contributed by atoms with Crippen LogP contribution in [0.4, 0.5) is 0 Å². The Labute approximate surface area is 132 Å². The lowest BCUT2D eigenvalue weighted by atomic mass is 9.61. The van der Waals surface area contributed by atoms with Gasteiger partial charge >= 0.3 is 0 Å². The van der Waals surface area contributed by atoms with Crippen molar-refractivity contribution in [3.8, 4) is 0 Å². The van der Waals surface area contributed by atoms with E-state index < -0.39 is 0 Å². The number of aliphatic hydroxyl groups is 1. The first-order chi connectivity index (χ1) is 10.2. The normalized spacial score (nSPS) is 32.1. The van der Waals surface area contributed by atoms with Gasteiger partial charge in [-0.1, -0.05) is 30.2 Å². The zero-order chi connectivity index (χ0) is 14.4. The molecule has 0 aromatic heterocycles. The highest BCUT2D eigenvalue weighted by Crippen LogP contribution is 2.48. The van der Waals surface area contributed by atoms with Gasteiger partial charge in [0.15, 0.2) is 0 Å². The highest BCUT2D eigenvalue weighted by atomic mass is 35.5. The number of fused-ring (bicyclic) bond motifs is 2. The molecule has 3 aliphatic rings. The minimum absolute atomic E-state index is 0.0214. The molecule has 2 nitrogen and oxygen atoms in total. The van der Waals surface area contributed by atoms with Gasteiger partial charge in [0.1, 0.15) is 0 Å². The van der Waals surface area contributed by atoms with Crippen LogP contribution in [0.3, 0.4) is 0 Å². The largest absolute Gasteiger partial charge is 0.391 e. The third-order valence-corrected chi connectivity index (χ3v) is 6.48. The molecule has 4 rings (SSSR count). The second-order valence-electron chi connectivity index (χ2n) is 7.32. The lowest BCUT2D eigenvalue weighted by Gasteiger charge is -2.47. The van der Waals surface area contributed by atoms with E-state index in [9.17, 15) is 5.11 Å². The van der Waals surface area contributed by atoms with Crippen LogP contribution in [0, 0.1) is 5.92 Å². The lowest BCUT2D eigenvalue weighted by Crippen LogP contribution is -2.52. The predicted molar refractivity (Wildman–Crippen MR) is 85.7 cm³/mol. The van der Waals surface area contributed by atoms with Crippen molar-refractivity contribution >= 4 is 11.6 Å². The third-order valence-electron chi connectivity index (χ3n) is 6.23. The van der Waals surface area contributed by atoms with Gasteiger partial charge in [-0.25, -0.2) is 0 Å². The molecule has 1 N–H and O–H groups in total. The quantitative estimate of drug-likeness (QED) is 0.918. The van der Waals surface area contributed by atoms with Crippen molar-refractivity contribution in [1.82, 2.24) is 4.90 Å². The van der Waals surface area contributed by atoms with Gasteiger partial charge in [-0.05, 0) is 55.7 Å². The van der Waals surface area contributed by atoms with E-state index in [1.54, 1.807) is 0 Å². The summed E-state index contributed by atoms with van der Waals surface area (Å²) < 4.78 is 0. The zero-order valence-electron chi connectivity index (χ0n) is 12.5. The lowest BCUT2D eigenvalue weighted by molar-refractivity contribution is -0.00399. The van der Waals surface area contributed by atoms with Crippen molar-refractivity contribution in [2.24, 2.45) is 5.92 Å². The maximum Gasteiger partial charge on any atom is 0.0763 e. The van der Waals surface area contributed by atoms with Crippen molar-refractivity contribution in [2.45, 2.75) is 56.1 Å². The summed E-state index contributed by atoms with van der Waals surface area (Å²) in [5.41, 5.74) is 1.25. The van der Waals surface area contributed by atoms with E-state index in [0.29, 0.717) is 0 Å². The SMILES string of the molecule is OC(CN1CC2CCC1C2)C1(c2ccc(Cl)cc2)CCC1. The summed E-state index contributed by atoms with van der Waals surface area (Å²) in [6, 6.07) is 8.89. The van der Waals surface area contributed by atoms with Gasteiger partial charge < -0.3 is 5.11 Å². The van der Waals surface area contributed by atoms with Crippen LogP contribution in [0.15, 0.2) is 24.3 Å². The number of halogens is 1. The molecule has 3 fully saturated rings. The van der Waals surface area contributed by atoms with Gasteiger partial charge in [0.2, 0.25) is 0 Å². The summed E-state index contributed by atoms with van der Waals surface area (Å²) in [6.45, 7) is 2.06. The Morgan fingerprint density at radius 3 is 2.52 bits per heavy atom. The molecule has 1 aromatic rings. The number of likely N-dealkylation sites (tertiary alicyclic amines) is 1. The molecule has 3 unspecified atom stereocenters. The van der Waals surface area contributed by atoms with Crippen LogP contribution in [0.2, 0.25) is 5.02 Å². The summed E-state index contributed by atoms with van der Waals surface area (Å²) in [4.78, 5) is 2.55. The van der Waals surface area contributed by atoms with Gasteiger partial charge in [0.25, 0.3) is 0 Å². The van der Waals surface area contributed by atoms with Gasteiger partial charge in [-0.2, -0.15) is 0 Å². The predicted octanol–water partition coefficient (Wildman–Crippen LogP) is 3.61. The second kappa shape index (κ2) is 5.26. The average molecular weight is 306 g/mol. The average Bonchev–Trinajstić information content (AvgIpc) is 3.02. The van der Waals surface area contributed by atoms with Crippen LogP contribution >= 0.6 is 11.6 Å². The summed E-state index contributed by atoms with van der Waals surface area (Å²) in [5.74, 6) is 0.898. The molecule has 0 amide bonds. The topological polar surface area (TPSA) is 23.5 Å². The Balaban J connectivity index is 1.51. The van der Waals surface area contributed by atoms with Crippen molar-refractivity contribution < 1.29 is 5.11 Å². The van der Waals surface area contributed by atoms with E-state index in [1.807, 2.05) is 12.1 Å². The zero-order valence-corrected chi connectivity index (χ0v) is 13.2. The van der Waals surface area contributed by atoms with E-state index in [0.717, 1.165) is 36.4 Å². The van der Waals surface area contributed by atoms with Crippen molar-refractivity contribution in [3.63, 3.8) is 0 Å². The number of hydrogen-bond acceptors (Lipinski definition) is 2. The first-order valence-corrected chi connectivity index (χ1v) is 8.73. The van der Waals surface area contributed by atoms with E-state index in [2.05, 4.69) is 17.0 Å². The summed E-state index contributed by atoms with van der Waals surface area (Å²) >= 11 is 6.01. The Kier molecular flexibility index (Phi) is 3.52. The fraction of sp³-hybridized carbons (Fsp3) is 0.667. The molecule has 1 saturated heterocycles. The summed E-state index contributed by atoms with van der Waals surface area (Å²) in [6.07, 6.45) is 7.30. The minimum Gasteiger partial charge on any atom is -0.391 e. The Hall–Kier alpha value is -0.570. The molecule has 0 radical (unpaired) electrons. The van der Waals surface area contributed by atoms with Gasteiger partial charge in [0, 0.05) is 29.6 Å². The summed E-state index contributed by atoms with van der Waals surface area (Å²) in [5, 5.41) is 11.7. The molecule has 3 heteroatoms. The number of rotatable bonds is 4. The molecule has 2 saturated carbocycles. The highest BCUT2D eigenvalue weighted by molar-refractivity contribution is 6.30. The maximum absolute atomic E-state index is 11.0. The number of β-amino-alcohol motifs (C(OH)–C–C–N with tert-alkyl or cyclic N) is 1. The van der Waals surface area contributed by atoms with Crippen LogP contribution < -0.4 is 0 Å². The molecule has 114 valence electrons. The maximum atomic E-state index is 11.0. The van der Waals surface area contributed by atoms with E-state index in [-0.39, 0.29) is 11.5 Å². The van der Waals surface area contributed by atoms with E-state index >= 15 is 0 Å². The van der Waals surface area contributed by atoms with Crippen LogP contribution in [0.25, 0.3) is 0 Å². The van der Waals surface area contributed by atoms with E-state index in [4.69, 9.17) is 11.6 Å². The molecule has 3 atom stereocenters. The Bertz CT molecular complexity index is 510.